The number of carbonyl (C=O) groups excluding carboxylic acids is 2. The smallest absolute Gasteiger partial charge is 0.267 e. The average Bonchev–Trinajstić information content (AvgIpc) is 2.76. The van der Waals surface area contributed by atoms with Crippen molar-refractivity contribution in [2.45, 2.75) is 78.7 Å². The molecule has 0 saturated heterocycles. The van der Waals surface area contributed by atoms with Crippen molar-refractivity contribution in [1.29, 1.82) is 0 Å². The molecule has 1 N–H and O–H groups in total. The normalized spacial score (nSPS) is 15.4. The predicted molar refractivity (Wildman–Crippen MR) is 126 cm³/mol. The van der Waals surface area contributed by atoms with Crippen LogP contribution < -0.4 is 5.43 Å². The molecule has 1 atom stereocenters. The molecule has 0 unspecified atom stereocenters. The molecular weight excluding hydrogens is 384 g/mol. The van der Waals surface area contributed by atoms with E-state index in [-0.39, 0.29) is 17.9 Å². The van der Waals surface area contributed by atoms with Crippen molar-refractivity contribution in [3.8, 4) is 0 Å². The Morgan fingerprint density at radius 2 is 1.52 bits per heavy atom. The highest BCUT2D eigenvalue weighted by molar-refractivity contribution is 5.99. The summed E-state index contributed by atoms with van der Waals surface area (Å²) in [4.78, 5) is 26.9. The van der Waals surface area contributed by atoms with Crippen LogP contribution in [-0.2, 0) is 0 Å². The second-order valence-corrected chi connectivity index (χ2v) is 9.11. The summed E-state index contributed by atoms with van der Waals surface area (Å²) in [7, 11) is 0. The van der Waals surface area contributed by atoms with Gasteiger partial charge in [0.2, 0.25) is 0 Å². The van der Waals surface area contributed by atoms with Crippen LogP contribution in [0, 0.1) is 26.7 Å². The standard InChI is InChI=1S/C27H36N2O2/c1-5-9-25(22-10-7-6-8-11-22)29(27(31)23-14-12-19(2)13-15-23)28-26(30)24-17-20(3)16-21(4)18-24/h12-18,22,25H,5-11H2,1-4H3,(H,28,30)/t25-/m0/s1. The van der Waals surface area contributed by atoms with Crippen LogP contribution in [0.25, 0.3) is 0 Å². The molecule has 0 radical (unpaired) electrons. The molecule has 0 aliphatic heterocycles. The first kappa shape index (κ1) is 23.1. The Hall–Kier alpha value is -2.62. The van der Waals surface area contributed by atoms with Gasteiger partial charge in [0.05, 0.1) is 6.04 Å². The van der Waals surface area contributed by atoms with Crippen LogP contribution in [0.5, 0.6) is 0 Å². The lowest BCUT2D eigenvalue weighted by molar-refractivity contribution is 0.0333. The second kappa shape index (κ2) is 10.6. The van der Waals surface area contributed by atoms with Gasteiger partial charge in [-0.2, -0.15) is 0 Å². The van der Waals surface area contributed by atoms with Gasteiger partial charge < -0.3 is 0 Å². The molecule has 1 aliphatic carbocycles. The first-order chi connectivity index (χ1) is 14.9. The van der Waals surface area contributed by atoms with E-state index >= 15 is 0 Å². The van der Waals surface area contributed by atoms with E-state index in [0.717, 1.165) is 42.4 Å². The molecule has 2 amide bonds. The summed E-state index contributed by atoms with van der Waals surface area (Å²) in [5, 5.41) is 1.66. The molecule has 1 fully saturated rings. The highest BCUT2D eigenvalue weighted by Gasteiger charge is 2.33. The van der Waals surface area contributed by atoms with Gasteiger partial charge in [-0.05, 0) is 70.2 Å². The Morgan fingerprint density at radius 3 is 2.10 bits per heavy atom. The van der Waals surface area contributed by atoms with Crippen molar-refractivity contribution < 1.29 is 9.59 Å². The van der Waals surface area contributed by atoms with E-state index in [1.165, 1.54) is 19.3 Å². The van der Waals surface area contributed by atoms with E-state index in [0.29, 0.717) is 17.0 Å². The van der Waals surface area contributed by atoms with Crippen LogP contribution in [0.4, 0.5) is 0 Å². The minimum absolute atomic E-state index is 0.00830. The van der Waals surface area contributed by atoms with Crippen LogP contribution in [0.15, 0.2) is 42.5 Å². The molecule has 0 aromatic heterocycles. The maximum Gasteiger partial charge on any atom is 0.272 e. The van der Waals surface area contributed by atoms with Crippen molar-refractivity contribution in [3.05, 3.63) is 70.3 Å². The van der Waals surface area contributed by atoms with E-state index in [4.69, 9.17) is 0 Å². The zero-order chi connectivity index (χ0) is 22.4. The number of nitrogens with zero attached hydrogens (tertiary/aromatic N) is 1. The van der Waals surface area contributed by atoms with Crippen LogP contribution in [0.3, 0.4) is 0 Å². The first-order valence-electron chi connectivity index (χ1n) is 11.7. The van der Waals surface area contributed by atoms with Gasteiger partial charge in [0.25, 0.3) is 11.8 Å². The zero-order valence-corrected chi connectivity index (χ0v) is 19.4. The van der Waals surface area contributed by atoms with Gasteiger partial charge in [0, 0.05) is 11.1 Å². The Labute approximate surface area is 187 Å². The molecule has 0 bridgehead atoms. The fourth-order valence-electron chi connectivity index (χ4n) is 4.79. The largest absolute Gasteiger partial charge is 0.272 e. The first-order valence-corrected chi connectivity index (χ1v) is 11.7. The highest BCUT2D eigenvalue weighted by atomic mass is 16.2. The third kappa shape index (κ3) is 5.96. The van der Waals surface area contributed by atoms with E-state index in [1.54, 1.807) is 5.01 Å². The Bertz CT molecular complexity index is 878. The summed E-state index contributed by atoms with van der Waals surface area (Å²) in [6.45, 7) is 8.13. The third-order valence-electron chi connectivity index (χ3n) is 6.33. The van der Waals surface area contributed by atoms with E-state index in [1.807, 2.05) is 63.2 Å². The summed E-state index contributed by atoms with van der Waals surface area (Å²) in [6, 6.07) is 13.4. The maximum atomic E-state index is 13.6. The lowest BCUT2D eigenvalue weighted by atomic mass is 9.82. The van der Waals surface area contributed by atoms with Gasteiger partial charge >= 0.3 is 0 Å². The van der Waals surface area contributed by atoms with Crippen molar-refractivity contribution >= 4 is 11.8 Å². The van der Waals surface area contributed by atoms with E-state index in [9.17, 15) is 9.59 Å². The molecule has 4 nitrogen and oxygen atoms in total. The molecule has 0 spiro atoms. The van der Waals surface area contributed by atoms with E-state index in [2.05, 4.69) is 12.3 Å². The molecular formula is C27H36N2O2. The minimum atomic E-state index is -0.218. The second-order valence-electron chi connectivity index (χ2n) is 9.11. The number of hydrogen-bond acceptors (Lipinski definition) is 2. The van der Waals surface area contributed by atoms with Crippen LogP contribution >= 0.6 is 0 Å². The Kier molecular flexibility index (Phi) is 7.89. The topological polar surface area (TPSA) is 49.4 Å². The van der Waals surface area contributed by atoms with Gasteiger partial charge in [-0.15, -0.1) is 0 Å². The van der Waals surface area contributed by atoms with Crippen LogP contribution in [-0.4, -0.2) is 22.9 Å². The SMILES string of the molecule is CCC[C@@H](C1CCCCC1)N(NC(=O)c1cc(C)cc(C)c1)C(=O)c1ccc(C)cc1. The van der Waals surface area contributed by atoms with Crippen molar-refractivity contribution in [2.75, 3.05) is 0 Å². The summed E-state index contributed by atoms with van der Waals surface area (Å²) in [5.41, 5.74) is 7.43. The molecule has 4 heteroatoms. The number of hydrogen-bond donors (Lipinski definition) is 1. The molecule has 3 rings (SSSR count). The van der Waals surface area contributed by atoms with Gasteiger partial charge in [-0.3, -0.25) is 15.0 Å². The Morgan fingerprint density at radius 1 is 0.903 bits per heavy atom. The number of aryl methyl sites for hydroxylation is 3. The number of amides is 2. The van der Waals surface area contributed by atoms with Gasteiger partial charge in [-0.1, -0.05) is 67.5 Å². The van der Waals surface area contributed by atoms with Gasteiger partial charge in [-0.25, -0.2) is 5.01 Å². The quantitative estimate of drug-likeness (QED) is 0.570. The summed E-state index contributed by atoms with van der Waals surface area (Å²) < 4.78 is 0. The highest BCUT2D eigenvalue weighted by Crippen LogP contribution is 2.31. The number of benzene rings is 2. The molecule has 1 saturated carbocycles. The monoisotopic (exact) mass is 420 g/mol. The molecule has 2 aromatic carbocycles. The average molecular weight is 421 g/mol. The fourth-order valence-corrected chi connectivity index (χ4v) is 4.79. The number of hydrazine groups is 1. The predicted octanol–water partition coefficient (Wildman–Crippen LogP) is 6.15. The number of carbonyl (C=O) groups is 2. The summed E-state index contributed by atoms with van der Waals surface area (Å²) in [5.74, 6) is 0.0774. The minimum Gasteiger partial charge on any atom is -0.267 e. The number of rotatable bonds is 6. The maximum absolute atomic E-state index is 13.6. The number of nitrogens with one attached hydrogen (secondary N) is 1. The van der Waals surface area contributed by atoms with Crippen molar-refractivity contribution in [1.82, 2.24) is 10.4 Å². The van der Waals surface area contributed by atoms with Crippen molar-refractivity contribution in [3.63, 3.8) is 0 Å². The summed E-state index contributed by atoms with van der Waals surface area (Å²) >= 11 is 0. The molecule has 166 valence electrons. The Balaban J connectivity index is 1.94. The van der Waals surface area contributed by atoms with E-state index < -0.39 is 0 Å². The van der Waals surface area contributed by atoms with Crippen LogP contribution in [0.1, 0.15) is 89.3 Å². The van der Waals surface area contributed by atoms with Crippen molar-refractivity contribution in [2.24, 2.45) is 5.92 Å². The van der Waals surface area contributed by atoms with Gasteiger partial charge in [0.15, 0.2) is 0 Å². The molecule has 31 heavy (non-hydrogen) atoms. The third-order valence-corrected chi connectivity index (χ3v) is 6.33. The zero-order valence-electron chi connectivity index (χ0n) is 19.4. The van der Waals surface area contributed by atoms with Gasteiger partial charge in [0.1, 0.15) is 0 Å². The fraction of sp³-hybridized carbons (Fsp3) is 0.481. The lowest BCUT2D eigenvalue weighted by Gasteiger charge is -2.38. The lowest BCUT2D eigenvalue weighted by Crippen LogP contribution is -2.54. The molecule has 0 heterocycles. The summed E-state index contributed by atoms with van der Waals surface area (Å²) in [6.07, 6.45) is 7.73. The van der Waals surface area contributed by atoms with Crippen LogP contribution in [0.2, 0.25) is 0 Å². The molecule has 1 aliphatic rings. The molecule has 2 aromatic rings.